The fraction of sp³-hybridized carbons (Fsp3) is 0.368. The Labute approximate surface area is 344 Å². The van der Waals surface area contributed by atoms with E-state index in [1.807, 2.05) is 28.2 Å². The van der Waals surface area contributed by atoms with Crippen LogP contribution in [0, 0.1) is 0 Å². The van der Waals surface area contributed by atoms with Crippen LogP contribution in [-0.4, -0.2) is 189 Å². The molecule has 0 saturated heterocycles. The maximum absolute atomic E-state index is 12.1. The molecule has 2 aromatic heterocycles. The van der Waals surface area contributed by atoms with Crippen LogP contribution in [0.25, 0.3) is 0 Å². The van der Waals surface area contributed by atoms with E-state index in [-0.39, 0.29) is 24.0 Å². The molecule has 2 amide bonds. The zero-order chi connectivity index (χ0) is 45.9. The number of hydrogen-bond acceptors (Lipinski definition) is 14. The Bertz CT molecular complexity index is 1650. The van der Waals surface area contributed by atoms with E-state index in [1.165, 1.54) is 0 Å². The van der Waals surface area contributed by atoms with Gasteiger partial charge in [0.1, 0.15) is 23.3 Å². The number of nitrogens with zero attached hydrogens (tertiary/aromatic N) is 6. The van der Waals surface area contributed by atoms with Crippen LogP contribution in [0.1, 0.15) is 33.6 Å². The van der Waals surface area contributed by atoms with Crippen LogP contribution in [0.4, 0.5) is 0 Å². The normalized spacial score (nSPS) is 15.5. The fourth-order valence-corrected chi connectivity index (χ4v) is 4.41. The second kappa shape index (κ2) is 28.2. The summed E-state index contributed by atoms with van der Waals surface area (Å²) in [5.41, 5.74) is 1.10. The molecule has 22 heteroatoms. The first kappa shape index (κ1) is 52.8. The Balaban J connectivity index is 0.000000772. The van der Waals surface area contributed by atoms with E-state index in [0.29, 0.717) is 72.4 Å². The van der Waals surface area contributed by atoms with Crippen molar-refractivity contribution in [2.24, 2.45) is 0 Å². The molecule has 0 spiro atoms. The van der Waals surface area contributed by atoms with Gasteiger partial charge in [0.05, 0.1) is 13.1 Å². The molecule has 0 saturated carbocycles. The third-order valence-electron chi connectivity index (χ3n) is 7.11. The Kier molecular flexibility index (Phi) is 24.9. The minimum Gasteiger partial charge on any atom is -0.478 e. The van der Waals surface area contributed by atoms with Crippen molar-refractivity contribution in [1.82, 2.24) is 29.6 Å². The lowest BCUT2D eigenvalue weighted by molar-refractivity contribution is -0.134. The Hall–Kier alpha value is -7.20. The van der Waals surface area contributed by atoms with Crippen LogP contribution in [0.3, 0.4) is 0 Å². The summed E-state index contributed by atoms with van der Waals surface area (Å²) in [5, 5.41) is 46.9. The first-order valence-corrected chi connectivity index (χ1v) is 17.5. The summed E-state index contributed by atoms with van der Waals surface area (Å²) in [7, 11) is 11.7. The second-order valence-corrected chi connectivity index (χ2v) is 12.8. The van der Waals surface area contributed by atoms with Crippen LogP contribution >= 0.6 is 0 Å². The number of ether oxygens (including phenoxy) is 2. The molecule has 2 unspecified atom stereocenters. The van der Waals surface area contributed by atoms with Crippen molar-refractivity contribution < 1.29 is 78.5 Å². The summed E-state index contributed by atoms with van der Waals surface area (Å²) in [5.74, 6) is -6.68. The number of hydrogen-bond donors (Lipinski definition) is 6. The third-order valence-corrected chi connectivity index (χ3v) is 7.11. The highest BCUT2D eigenvalue weighted by atomic mass is 16.5. The zero-order valence-electron chi connectivity index (χ0n) is 33.8. The van der Waals surface area contributed by atoms with Crippen molar-refractivity contribution in [3.05, 3.63) is 84.2 Å². The minimum atomic E-state index is -1.26. The van der Waals surface area contributed by atoms with Gasteiger partial charge in [-0.05, 0) is 65.3 Å². The monoisotopic (exact) mass is 846 g/mol. The topological polar surface area (TPSA) is 315 Å². The lowest BCUT2D eigenvalue weighted by atomic mass is 10.2. The third kappa shape index (κ3) is 24.4. The maximum Gasteiger partial charge on any atom is 0.328 e. The largest absolute Gasteiger partial charge is 0.478 e. The van der Waals surface area contributed by atoms with Gasteiger partial charge >= 0.3 is 35.8 Å². The van der Waals surface area contributed by atoms with Gasteiger partial charge in [0.25, 0.3) is 11.8 Å². The molecule has 328 valence electrons. The molecular weight excluding hydrogens is 796 g/mol. The molecule has 2 aliphatic heterocycles. The number of carboxylic acid groups (broad SMARTS) is 6. The summed E-state index contributed by atoms with van der Waals surface area (Å²) in [6, 6.07) is 7.03. The van der Waals surface area contributed by atoms with Gasteiger partial charge in [-0.3, -0.25) is 9.59 Å². The predicted molar refractivity (Wildman–Crippen MR) is 211 cm³/mol. The van der Waals surface area contributed by atoms with E-state index in [4.69, 9.17) is 40.1 Å². The van der Waals surface area contributed by atoms with Crippen molar-refractivity contribution in [3.8, 4) is 11.8 Å². The summed E-state index contributed by atoms with van der Waals surface area (Å²) in [6.07, 6.45) is 8.40. The van der Waals surface area contributed by atoms with E-state index in [2.05, 4.69) is 19.8 Å². The van der Waals surface area contributed by atoms with Gasteiger partial charge < -0.3 is 59.7 Å². The molecule has 0 radical (unpaired) electrons. The Morgan fingerprint density at radius 2 is 0.850 bits per heavy atom. The molecule has 2 atom stereocenters. The van der Waals surface area contributed by atoms with Gasteiger partial charge in [-0.1, -0.05) is 0 Å². The molecule has 2 aliphatic rings. The molecule has 60 heavy (non-hydrogen) atoms. The van der Waals surface area contributed by atoms with Crippen LogP contribution in [0.2, 0.25) is 0 Å². The van der Waals surface area contributed by atoms with Gasteiger partial charge in [0, 0.05) is 76.0 Å². The number of carbonyl (C=O) groups is 8. The number of aromatic nitrogens is 2. The number of carbonyl (C=O) groups excluding carboxylic acids is 2. The van der Waals surface area contributed by atoms with E-state index in [0.717, 1.165) is 25.9 Å². The Morgan fingerprint density at radius 1 is 0.583 bits per heavy atom. The number of amides is 2. The SMILES string of the molecule is CN(C)CCC1CN(C)C(=O)c2cccnc2O1.CN(C)CCC1CN(C)C(=O)c2cccnc2O1.O=C(O)/C=C/C(=O)O.O=C(O)/C=C/C(=O)O.O=C(O)/C=C/C(=O)O. The number of carboxylic acids is 6. The van der Waals surface area contributed by atoms with Crippen molar-refractivity contribution in [1.29, 1.82) is 0 Å². The van der Waals surface area contributed by atoms with Crippen LogP contribution in [0.5, 0.6) is 11.8 Å². The smallest absolute Gasteiger partial charge is 0.328 e. The summed E-state index contributed by atoms with van der Waals surface area (Å²) in [6.45, 7) is 3.05. The average molecular weight is 847 g/mol. The molecule has 6 N–H and O–H groups in total. The molecule has 0 bridgehead atoms. The van der Waals surface area contributed by atoms with Crippen LogP contribution in [0.15, 0.2) is 73.1 Å². The lowest BCUT2D eigenvalue weighted by Crippen LogP contribution is -2.35. The summed E-state index contributed by atoms with van der Waals surface area (Å²) in [4.78, 5) is 97.5. The molecule has 0 fully saturated rings. The fourth-order valence-electron chi connectivity index (χ4n) is 4.41. The minimum absolute atomic E-state index is 0.00231. The standard InChI is InChI=1S/2C13H19N3O2.3C4H4O4/c2*1-15(2)8-6-10-9-16(3)13(17)11-5-4-7-14-12(11)18-10;3*5-3(6)1-2-4(7)8/h2*4-5,7,10H,6,8-9H2,1-3H3;3*1-2H,(H,5,6)(H,7,8)/b;;3*2-1+. The van der Waals surface area contributed by atoms with E-state index in [9.17, 15) is 38.4 Å². The molecule has 4 rings (SSSR count). The van der Waals surface area contributed by atoms with E-state index in [1.54, 1.807) is 60.6 Å². The first-order chi connectivity index (χ1) is 28.0. The number of fused-ring (bicyclic) bond motifs is 2. The highest BCUT2D eigenvalue weighted by Crippen LogP contribution is 2.23. The molecule has 22 nitrogen and oxygen atoms in total. The van der Waals surface area contributed by atoms with Crippen molar-refractivity contribution in [2.75, 3.05) is 68.5 Å². The van der Waals surface area contributed by atoms with E-state index < -0.39 is 35.8 Å². The van der Waals surface area contributed by atoms with Gasteiger partial charge in [-0.25, -0.2) is 38.7 Å². The van der Waals surface area contributed by atoms with Gasteiger partial charge in [0.15, 0.2) is 0 Å². The highest BCUT2D eigenvalue weighted by Gasteiger charge is 2.28. The maximum atomic E-state index is 12.1. The second-order valence-electron chi connectivity index (χ2n) is 12.8. The Morgan fingerprint density at radius 3 is 1.08 bits per heavy atom. The van der Waals surface area contributed by atoms with E-state index >= 15 is 0 Å². The van der Waals surface area contributed by atoms with Crippen molar-refractivity contribution >= 4 is 47.6 Å². The molecule has 0 aromatic carbocycles. The number of pyridine rings is 2. The number of aliphatic carboxylic acids is 6. The summed E-state index contributed by atoms with van der Waals surface area (Å²) < 4.78 is 11.7. The zero-order valence-corrected chi connectivity index (χ0v) is 33.8. The van der Waals surface area contributed by atoms with Crippen molar-refractivity contribution in [3.63, 3.8) is 0 Å². The van der Waals surface area contributed by atoms with Crippen molar-refractivity contribution in [2.45, 2.75) is 25.0 Å². The molecular formula is C38H50N6O16. The molecule has 2 aromatic rings. The van der Waals surface area contributed by atoms with Crippen LogP contribution < -0.4 is 9.47 Å². The average Bonchev–Trinajstić information content (AvgIpc) is 3.37. The lowest BCUT2D eigenvalue weighted by Gasteiger charge is -2.21. The molecule has 4 heterocycles. The quantitative estimate of drug-likeness (QED) is 0.161. The first-order valence-electron chi connectivity index (χ1n) is 17.5. The highest BCUT2D eigenvalue weighted by molar-refractivity contribution is 5.97. The van der Waals surface area contributed by atoms with Gasteiger partial charge in [-0.15, -0.1) is 0 Å². The molecule has 0 aliphatic carbocycles. The van der Waals surface area contributed by atoms with Gasteiger partial charge in [0.2, 0.25) is 11.8 Å². The summed E-state index contributed by atoms with van der Waals surface area (Å²) >= 11 is 0. The van der Waals surface area contributed by atoms with Crippen LogP contribution in [-0.2, 0) is 28.8 Å². The van der Waals surface area contributed by atoms with Gasteiger partial charge in [-0.2, -0.15) is 0 Å². The number of rotatable bonds is 12. The predicted octanol–water partition coefficient (Wildman–Crippen LogP) is 0.868. The number of likely N-dealkylation sites (N-methyl/N-ethyl adjacent to an activating group) is 2.